The fourth-order valence-electron chi connectivity index (χ4n) is 2.30. The minimum Gasteiger partial charge on any atom is -0.457 e. The van der Waals surface area contributed by atoms with Crippen LogP contribution >= 0.6 is 11.6 Å². The summed E-state index contributed by atoms with van der Waals surface area (Å²) in [6.45, 7) is 3.41. The molecule has 2 rings (SSSR count). The largest absolute Gasteiger partial charge is 0.457 e. The van der Waals surface area contributed by atoms with Gasteiger partial charge in [-0.1, -0.05) is 11.6 Å². The Kier molecular flexibility index (Phi) is 7.75. The number of halogens is 1. The number of hydrogen-bond donors (Lipinski definition) is 1. The smallest absolute Gasteiger partial charge is 0.270 e. The highest BCUT2D eigenvalue weighted by atomic mass is 35.5. The molecule has 0 aliphatic rings. The van der Waals surface area contributed by atoms with Crippen LogP contribution in [-0.2, 0) is 9.53 Å². The number of nitro groups is 1. The highest BCUT2D eigenvalue weighted by Crippen LogP contribution is 2.32. The predicted octanol–water partition coefficient (Wildman–Crippen LogP) is 3.96. The SMILES string of the molecule is CCOCCCNC(=O)/C(C#N)=C/c1ccc(-c2ccc([N+](=O)[O-])cc2Cl)o1. The van der Waals surface area contributed by atoms with Gasteiger partial charge in [-0.15, -0.1) is 0 Å². The first-order valence-electron chi connectivity index (χ1n) is 8.48. The van der Waals surface area contributed by atoms with Crippen LogP contribution in [0.3, 0.4) is 0 Å². The molecule has 28 heavy (non-hydrogen) atoms. The summed E-state index contributed by atoms with van der Waals surface area (Å²) in [5, 5.41) is 22.8. The lowest BCUT2D eigenvalue weighted by molar-refractivity contribution is -0.384. The highest BCUT2D eigenvalue weighted by Gasteiger charge is 2.14. The van der Waals surface area contributed by atoms with Gasteiger partial charge in [0.1, 0.15) is 23.2 Å². The third-order valence-corrected chi connectivity index (χ3v) is 3.98. The molecule has 0 atom stereocenters. The van der Waals surface area contributed by atoms with Crippen LogP contribution < -0.4 is 5.32 Å². The van der Waals surface area contributed by atoms with Crippen molar-refractivity contribution in [2.24, 2.45) is 0 Å². The molecule has 0 radical (unpaired) electrons. The first kappa shape index (κ1) is 21.2. The Balaban J connectivity index is 2.10. The molecule has 0 aliphatic carbocycles. The first-order chi connectivity index (χ1) is 13.5. The summed E-state index contributed by atoms with van der Waals surface area (Å²) in [6, 6.07) is 9.04. The molecule has 146 valence electrons. The van der Waals surface area contributed by atoms with Crippen LogP contribution in [0.4, 0.5) is 5.69 Å². The first-order valence-corrected chi connectivity index (χ1v) is 8.86. The number of nitrogens with zero attached hydrogens (tertiary/aromatic N) is 2. The molecule has 0 unspecified atom stereocenters. The quantitative estimate of drug-likeness (QED) is 0.222. The minimum atomic E-state index is -0.544. The number of hydrogen-bond acceptors (Lipinski definition) is 6. The Morgan fingerprint density at radius 2 is 2.21 bits per heavy atom. The molecule has 0 bridgehead atoms. The third kappa shape index (κ3) is 5.67. The number of carbonyl (C=O) groups is 1. The number of nitriles is 1. The predicted molar refractivity (Wildman–Crippen MR) is 104 cm³/mol. The van der Waals surface area contributed by atoms with Crippen molar-refractivity contribution in [2.75, 3.05) is 19.8 Å². The van der Waals surface area contributed by atoms with Crippen LogP contribution in [0.1, 0.15) is 19.1 Å². The molecular formula is C19H18ClN3O5. The number of nitro benzene ring substituents is 1. The summed E-state index contributed by atoms with van der Waals surface area (Å²) in [7, 11) is 0. The summed E-state index contributed by atoms with van der Waals surface area (Å²) in [4.78, 5) is 22.3. The zero-order chi connectivity index (χ0) is 20.5. The number of non-ortho nitro benzene ring substituents is 1. The Hall–Kier alpha value is -3.15. The standard InChI is InChI=1S/C19H18ClN3O5/c1-2-27-9-3-8-22-19(24)13(12-21)10-15-5-7-18(28-15)16-6-4-14(23(25)26)11-17(16)20/h4-7,10-11H,2-3,8-9H2,1H3,(H,22,24)/b13-10+. The number of nitrogens with one attached hydrogen (secondary N) is 1. The van der Waals surface area contributed by atoms with Gasteiger partial charge in [0.25, 0.3) is 11.6 Å². The highest BCUT2D eigenvalue weighted by molar-refractivity contribution is 6.33. The van der Waals surface area contributed by atoms with Crippen LogP contribution in [0.2, 0.25) is 5.02 Å². The van der Waals surface area contributed by atoms with Crippen molar-refractivity contribution in [3.05, 3.63) is 56.8 Å². The van der Waals surface area contributed by atoms with Crippen LogP contribution in [0.25, 0.3) is 17.4 Å². The molecule has 0 saturated heterocycles. The lowest BCUT2D eigenvalue weighted by Crippen LogP contribution is -2.26. The van der Waals surface area contributed by atoms with E-state index in [2.05, 4.69) is 5.32 Å². The van der Waals surface area contributed by atoms with E-state index < -0.39 is 10.8 Å². The Morgan fingerprint density at radius 1 is 1.43 bits per heavy atom. The van der Waals surface area contributed by atoms with Crippen molar-refractivity contribution in [3.8, 4) is 17.4 Å². The molecule has 1 aromatic heterocycles. The zero-order valence-corrected chi connectivity index (χ0v) is 15.9. The van der Waals surface area contributed by atoms with Gasteiger partial charge in [-0.2, -0.15) is 5.26 Å². The summed E-state index contributed by atoms with van der Waals surface area (Å²) >= 11 is 6.09. The summed E-state index contributed by atoms with van der Waals surface area (Å²) in [5.74, 6) is 0.135. The van der Waals surface area contributed by atoms with Crippen molar-refractivity contribution in [3.63, 3.8) is 0 Å². The van der Waals surface area contributed by atoms with Gasteiger partial charge in [0.15, 0.2) is 0 Å². The van der Waals surface area contributed by atoms with Gasteiger partial charge in [-0.25, -0.2) is 0 Å². The summed E-state index contributed by atoms with van der Waals surface area (Å²) < 4.78 is 10.8. The Bertz CT molecular complexity index is 930. The van der Waals surface area contributed by atoms with Gasteiger partial charge in [-0.3, -0.25) is 14.9 Å². The fraction of sp³-hybridized carbons (Fsp3) is 0.263. The van der Waals surface area contributed by atoms with Gasteiger partial charge < -0.3 is 14.5 Å². The van der Waals surface area contributed by atoms with Crippen molar-refractivity contribution >= 4 is 29.3 Å². The van der Waals surface area contributed by atoms with Crippen molar-refractivity contribution in [1.82, 2.24) is 5.32 Å². The number of furan rings is 1. The molecule has 0 spiro atoms. The Labute approximate surface area is 166 Å². The maximum absolute atomic E-state index is 12.1. The van der Waals surface area contributed by atoms with E-state index in [1.807, 2.05) is 13.0 Å². The van der Waals surface area contributed by atoms with Crippen LogP contribution in [0, 0.1) is 21.4 Å². The van der Waals surface area contributed by atoms with Crippen molar-refractivity contribution in [2.45, 2.75) is 13.3 Å². The third-order valence-electron chi connectivity index (χ3n) is 3.66. The van der Waals surface area contributed by atoms with Gasteiger partial charge in [0, 0.05) is 43.5 Å². The van der Waals surface area contributed by atoms with E-state index in [0.29, 0.717) is 37.5 Å². The lowest BCUT2D eigenvalue weighted by Gasteiger charge is -2.04. The Morgan fingerprint density at radius 3 is 2.86 bits per heavy atom. The molecular weight excluding hydrogens is 386 g/mol. The molecule has 8 nitrogen and oxygen atoms in total. The fourth-order valence-corrected chi connectivity index (χ4v) is 2.57. The van der Waals surface area contributed by atoms with Crippen molar-refractivity contribution < 1.29 is 18.9 Å². The summed E-state index contributed by atoms with van der Waals surface area (Å²) in [5.41, 5.74) is 0.228. The maximum atomic E-state index is 12.1. The number of benzene rings is 1. The van der Waals surface area contributed by atoms with Crippen LogP contribution in [0.5, 0.6) is 0 Å². The van der Waals surface area contributed by atoms with E-state index in [-0.39, 0.29) is 22.0 Å². The van der Waals surface area contributed by atoms with E-state index in [4.69, 9.17) is 20.8 Å². The summed E-state index contributed by atoms with van der Waals surface area (Å²) in [6.07, 6.45) is 1.96. The van der Waals surface area contributed by atoms with Crippen LogP contribution in [0.15, 0.2) is 40.3 Å². The molecule has 1 amide bonds. The number of amides is 1. The number of rotatable bonds is 9. The van der Waals surface area contributed by atoms with Crippen LogP contribution in [-0.4, -0.2) is 30.6 Å². The van der Waals surface area contributed by atoms with Gasteiger partial charge >= 0.3 is 0 Å². The van der Waals surface area contributed by atoms with E-state index in [9.17, 15) is 20.2 Å². The second kappa shape index (κ2) is 10.3. The molecule has 0 fully saturated rings. The molecule has 0 saturated carbocycles. The van der Waals surface area contributed by atoms with E-state index >= 15 is 0 Å². The second-order valence-corrected chi connectivity index (χ2v) is 6.01. The molecule has 1 aromatic carbocycles. The molecule has 1 heterocycles. The average Bonchev–Trinajstić information content (AvgIpc) is 3.13. The zero-order valence-electron chi connectivity index (χ0n) is 15.1. The number of ether oxygens (including phenoxy) is 1. The lowest BCUT2D eigenvalue weighted by atomic mass is 10.1. The number of carbonyl (C=O) groups excluding carboxylic acids is 1. The molecule has 1 N–H and O–H groups in total. The van der Waals surface area contributed by atoms with Gasteiger partial charge in [-0.05, 0) is 31.5 Å². The molecule has 2 aromatic rings. The van der Waals surface area contributed by atoms with Gasteiger partial charge in [0.05, 0.1) is 9.95 Å². The topological polar surface area (TPSA) is 118 Å². The van der Waals surface area contributed by atoms with E-state index in [1.54, 1.807) is 12.1 Å². The maximum Gasteiger partial charge on any atom is 0.270 e. The minimum absolute atomic E-state index is 0.105. The monoisotopic (exact) mass is 403 g/mol. The normalized spacial score (nSPS) is 11.1. The second-order valence-electron chi connectivity index (χ2n) is 5.60. The molecule has 9 heteroatoms. The van der Waals surface area contributed by atoms with E-state index in [1.165, 1.54) is 24.3 Å². The van der Waals surface area contributed by atoms with E-state index in [0.717, 1.165) is 0 Å². The van der Waals surface area contributed by atoms with Gasteiger partial charge in [0.2, 0.25) is 0 Å². The molecule has 0 aliphatic heterocycles. The average molecular weight is 404 g/mol. The van der Waals surface area contributed by atoms with Crippen molar-refractivity contribution in [1.29, 1.82) is 5.26 Å².